The van der Waals surface area contributed by atoms with Gasteiger partial charge in [0, 0.05) is 24.5 Å². The van der Waals surface area contributed by atoms with Crippen LogP contribution >= 0.6 is 0 Å². The molecule has 0 radical (unpaired) electrons. The van der Waals surface area contributed by atoms with Crippen molar-refractivity contribution in [3.63, 3.8) is 0 Å². The molecule has 3 fully saturated rings. The first-order valence-electron chi connectivity index (χ1n) is 11.4. The summed E-state index contributed by atoms with van der Waals surface area (Å²) in [5.41, 5.74) is 1.02. The van der Waals surface area contributed by atoms with Crippen LogP contribution < -0.4 is 4.72 Å². The quantitative estimate of drug-likeness (QED) is 0.659. The van der Waals surface area contributed by atoms with Gasteiger partial charge in [-0.1, -0.05) is 25.5 Å². The first-order chi connectivity index (χ1) is 14.0. The fraction of sp³-hybridized carbons (Fsp3) is 0.696. The number of amides is 1. The van der Waals surface area contributed by atoms with Gasteiger partial charge in [0.1, 0.15) is 0 Å². The molecule has 3 aliphatic rings. The van der Waals surface area contributed by atoms with Gasteiger partial charge in [0.05, 0.1) is 4.90 Å². The molecule has 0 bridgehead atoms. The summed E-state index contributed by atoms with van der Waals surface area (Å²) in [6, 6.07) is 8.03. The molecule has 0 atom stereocenters. The predicted molar refractivity (Wildman–Crippen MR) is 114 cm³/mol. The molecular formula is C23H34N2O3S. The largest absolute Gasteiger partial charge is 0.337 e. The van der Waals surface area contributed by atoms with E-state index in [1.807, 2.05) is 12.1 Å². The van der Waals surface area contributed by atoms with Gasteiger partial charge in [-0.25, -0.2) is 13.1 Å². The summed E-state index contributed by atoms with van der Waals surface area (Å²) in [4.78, 5) is 15.5. The fourth-order valence-electron chi connectivity index (χ4n) is 4.59. The zero-order valence-electron chi connectivity index (χ0n) is 17.5. The summed E-state index contributed by atoms with van der Waals surface area (Å²) in [7, 11) is -3.41. The third kappa shape index (κ3) is 5.40. The molecule has 5 nitrogen and oxygen atoms in total. The molecule has 0 spiro atoms. The van der Waals surface area contributed by atoms with Crippen LogP contribution in [0.4, 0.5) is 0 Å². The lowest BCUT2D eigenvalue weighted by Gasteiger charge is -2.37. The molecule has 1 aromatic carbocycles. The Labute approximate surface area is 175 Å². The van der Waals surface area contributed by atoms with Crippen molar-refractivity contribution in [3.05, 3.63) is 29.8 Å². The second kappa shape index (κ2) is 8.76. The Kier molecular flexibility index (Phi) is 6.30. The highest BCUT2D eigenvalue weighted by molar-refractivity contribution is 7.89. The first kappa shape index (κ1) is 20.9. The van der Waals surface area contributed by atoms with Crippen molar-refractivity contribution in [2.75, 3.05) is 0 Å². The minimum Gasteiger partial charge on any atom is -0.337 e. The van der Waals surface area contributed by atoms with Gasteiger partial charge in [-0.05, 0) is 81.4 Å². The van der Waals surface area contributed by atoms with E-state index in [4.69, 9.17) is 0 Å². The Morgan fingerprint density at radius 2 is 1.55 bits per heavy atom. The molecule has 0 aliphatic heterocycles. The van der Waals surface area contributed by atoms with Crippen LogP contribution in [0.2, 0.25) is 0 Å². The SMILES string of the molecule is CCC1CCC(N(C(=O)CCc2ccc(S(=O)(=O)NC3CC3)cc2)C2CC2)CC1. The average Bonchev–Trinajstić information content (AvgIpc) is 3.64. The van der Waals surface area contributed by atoms with E-state index < -0.39 is 10.0 Å². The molecule has 0 aromatic heterocycles. The summed E-state index contributed by atoms with van der Waals surface area (Å²) >= 11 is 0. The van der Waals surface area contributed by atoms with Gasteiger partial charge >= 0.3 is 0 Å². The smallest absolute Gasteiger partial charge is 0.240 e. The van der Waals surface area contributed by atoms with Crippen LogP contribution in [0.5, 0.6) is 0 Å². The summed E-state index contributed by atoms with van der Waals surface area (Å²) in [5.74, 6) is 1.12. The van der Waals surface area contributed by atoms with Gasteiger partial charge in [-0.2, -0.15) is 0 Å². The third-order valence-corrected chi connectivity index (χ3v) is 8.31. The van der Waals surface area contributed by atoms with Gasteiger partial charge in [0.15, 0.2) is 0 Å². The van der Waals surface area contributed by atoms with Crippen molar-refractivity contribution >= 4 is 15.9 Å². The van der Waals surface area contributed by atoms with Gasteiger partial charge in [0.2, 0.25) is 15.9 Å². The highest BCUT2D eigenvalue weighted by atomic mass is 32.2. The van der Waals surface area contributed by atoms with Crippen molar-refractivity contribution in [1.82, 2.24) is 9.62 Å². The number of hydrogen-bond donors (Lipinski definition) is 1. The number of nitrogens with one attached hydrogen (secondary N) is 1. The Morgan fingerprint density at radius 3 is 2.07 bits per heavy atom. The van der Waals surface area contributed by atoms with Crippen LogP contribution in [0, 0.1) is 5.92 Å². The lowest BCUT2D eigenvalue weighted by molar-refractivity contribution is -0.135. The molecule has 3 aliphatic carbocycles. The number of nitrogens with zero attached hydrogens (tertiary/aromatic N) is 1. The molecule has 29 heavy (non-hydrogen) atoms. The molecule has 3 saturated carbocycles. The van der Waals surface area contributed by atoms with Gasteiger partial charge < -0.3 is 4.90 Å². The minimum atomic E-state index is -3.41. The number of aryl methyl sites for hydroxylation is 1. The zero-order chi connectivity index (χ0) is 20.4. The van der Waals surface area contributed by atoms with Crippen LogP contribution in [-0.2, 0) is 21.2 Å². The van der Waals surface area contributed by atoms with Crippen LogP contribution in [0.25, 0.3) is 0 Å². The van der Waals surface area contributed by atoms with Crippen molar-refractivity contribution in [3.8, 4) is 0 Å². The molecule has 1 N–H and O–H groups in total. The van der Waals surface area contributed by atoms with Gasteiger partial charge in [0.25, 0.3) is 0 Å². The van der Waals surface area contributed by atoms with E-state index in [1.54, 1.807) is 12.1 Å². The molecule has 1 amide bonds. The maximum absolute atomic E-state index is 13.0. The topological polar surface area (TPSA) is 66.5 Å². The van der Waals surface area contributed by atoms with E-state index in [1.165, 1.54) is 19.3 Å². The second-order valence-electron chi connectivity index (χ2n) is 9.15. The number of carbonyl (C=O) groups excluding carboxylic acids is 1. The summed E-state index contributed by atoms with van der Waals surface area (Å²) in [5, 5.41) is 0. The van der Waals surface area contributed by atoms with Crippen LogP contribution in [0.15, 0.2) is 29.2 Å². The highest BCUT2D eigenvalue weighted by Gasteiger charge is 2.38. The summed E-state index contributed by atoms with van der Waals surface area (Å²) in [6.45, 7) is 2.27. The number of sulfonamides is 1. The minimum absolute atomic E-state index is 0.109. The number of rotatable bonds is 9. The van der Waals surface area contributed by atoms with Gasteiger partial charge in [-0.15, -0.1) is 0 Å². The molecule has 1 aromatic rings. The Hall–Kier alpha value is -1.40. The van der Waals surface area contributed by atoms with Crippen LogP contribution in [-0.4, -0.2) is 37.4 Å². The molecule has 160 valence electrons. The van der Waals surface area contributed by atoms with Crippen LogP contribution in [0.3, 0.4) is 0 Å². The number of benzene rings is 1. The molecule has 0 unspecified atom stereocenters. The van der Waals surface area contributed by atoms with E-state index in [-0.39, 0.29) is 11.9 Å². The first-order valence-corrected chi connectivity index (χ1v) is 12.9. The zero-order valence-corrected chi connectivity index (χ0v) is 18.3. The highest BCUT2D eigenvalue weighted by Crippen LogP contribution is 2.36. The predicted octanol–water partition coefficient (Wildman–Crippen LogP) is 4.02. The van der Waals surface area contributed by atoms with E-state index in [9.17, 15) is 13.2 Å². The maximum atomic E-state index is 13.0. The van der Waals surface area contributed by atoms with E-state index in [2.05, 4.69) is 16.5 Å². The second-order valence-corrected chi connectivity index (χ2v) is 10.9. The Balaban J connectivity index is 1.32. The molecule has 0 saturated heterocycles. The Morgan fingerprint density at radius 1 is 0.966 bits per heavy atom. The lowest BCUT2D eigenvalue weighted by atomic mass is 9.83. The van der Waals surface area contributed by atoms with Crippen molar-refractivity contribution in [2.45, 2.75) is 101 Å². The molecule has 6 heteroatoms. The molecule has 4 rings (SSSR count). The van der Waals surface area contributed by atoms with E-state index in [0.717, 1.165) is 50.0 Å². The summed E-state index contributed by atoms with van der Waals surface area (Å²) < 4.78 is 27.3. The Bertz CT molecular complexity index is 805. The van der Waals surface area contributed by atoms with Crippen molar-refractivity contribution < 1.29 is 13.2 Å². The van der Waals surface area contributed by atoms with E-state index in [0.29, 0.717) is 29.8 Å². The fourth-order valence-corrected chi connectivity index (χ4v) is 5.90. The van der Waals surface area contributed by atoms with Crippen molar-refractivity contribution in [1.29, 1.82) is 0 Å². The molecule has 0 heterocycles. The normalized spacial score (nSPS) is 25.0. The monoisotopic (exact) mass is 418 g/mol. The standard InChI is InChI=1S/C23H34N2O3S/c1-2-17-3-10-20(11-4-17)25(21-12-13-21)23(26)16-7-18-5-14-22(15-6-18)29(27,28)24-19-8-9-19/h5-6,14-15,17,19-21,24H,2-4,7-13,16H2,1H3. The average molecular weight is 419 g/mol. The van der Waals surface area contributed by atoms with E-state index >= 15 is 0 Å². The third-order valence-electron chi connectivity index (χ3n) is 6.78. The summed E-state index contributed by atoms with van der Waals surface area (Å²) in [6.07, 6.45) is 11.4. The lowest BCUT2D eigenvalue weighted by Crippen LogP contribution is -2.44. The molecular weight excluding hydrogens is 384 g/mol. The maximum Gasteiger partial charge on any atom is 0.240 e. The van der Waals surface area contributed by atoms with Gasteiger partial charge in [-0.3, -0.25) is 4.79 Å². The number of hydrogen-bond acceptors (Lipinski definition) is 3. The number of carbonyl (C=O) groups is 1. The van der Waals surface area contributed by atoms with Crippen LogP contribution in [0.1, 0.15) is 76.7 Å². The van der Waals surface area contributed by atoms with Crippen molar-refractivity contribution in [2.24, 2.45) is 5.92 Å².